The van der Waals surface area contributed by atoms with E-state index in [1.807, 2.05) is 18.3 Å². The highest BCUT2D eigenvalue weighted by atomic mass is 16.3. The van der Waals surface area contributed by atoms with Crippen LogP contribution in [0.25, 0.3) is 88.5 Å². The fourth-order valence-corrected chi connectivity index (χ4v) is 6.76. The molecule has 0 amide bonds. The van der Waals surface area contributed by atoms with Crippen LogP contribution in [0.4, 0.5) is 0 Å². The van der Waals surface area contributed by atoms with E-state index in [2.05, 4.69) is 121 Å². The van der Waals surface area contributed by atoms with Crippen molar-refractivity contribution >= 4 is 32.8 Å². The molecular weight excluding hydrogens is 498 g/mol. The summed E-state index contributed by atoms with van der Waals surface area (Å²) in [5, 5.41) is 3.41. The summed E-state index contributed by atoms with van der Waals surface area (Å²) < 4.78 is 6.55. The Morgan fingerprint density at radius 3 is 1.80 bits per heavy atom. The lowest BCUT2D eigenvalue weighted by atomic mass is 9.78. The van der Waals surface area contributed by atoms with Crippen molar-refractivity contribution in [2.24, 2.45) is 0 Å². The molecule has 2 aromatic heterocycles. The fourth-order valence-electron chi connectivity index (χ4n) is 6.76. The molecule has 8 aromatic rings. The Morgan fingerprint density at radius 2 is 0.976 bits per heavy atom. The highest BCUT2D eigenvalue weighted by Gasteiger charge is 2.26. The molecule has 0 N–H and O–H groups in total. The molecule has 6 aromatic carbocycles. The van der Waals surface area contributed by atoms with Gasteiger partial charge in [-0.2, -0.15) is 0 Å². The average molecular weight is 522 g/mol. The summed E-state index contributed by atoms with van der Waals surface area (Å²) in [5.41, 5.74) is 14.7. The Kier molecular flexibility index (Phi) is 4.64. The maximum atomic E-state index is 6.55. The second-order valence-corrected chi connectivity index (χ2v) is 10.7. The summed E-state index contributed by atoms with van der Waals surface area (Å²) >= 11 is 0. The van der Waals surface area contributed by atoms with E-state index in [4.69, 9.17) is 9.40 Å². The van der Waals surface area contributed by atoms with Gasteiger partial charge in [-0.25, -0.2) is 0 Å². The minimum atomic E-state index is 0.908. The molecular formula is C39H23NO. The molecule has 0 spiro atoms. The van der Waals surface area contributed by atoms with Crippen molar-refractivity contribution in [2.75, 3.05) is 0 Å². The van der Waals surface area contributed by atoms with Crippen LogP contribution in [-0.2, 0) is 0 Å². The number of benzene rings is 6. The monoisotopic (exact) mass is 521 g/mol. The van der Waals surface area contributed by atoms with Gasteiger partial charge in [-0.05, 0) is 56.6 Å². The first kappa shape index (κ1) is 22.4. The standard InChI is InChI=1S/C39H23NO/c1-2-12-26-25(11-1)28-16-7-17-31(34-19-8-18-33-27-13-5-6-20-35(27)41-39(33)34)36(28)29-14-3-4-15-30(29)37-32(26)22-21-24-10-9-23-40-38(24)37/h1-23H. The zero-order valence-corrected chi connectivity index (χ0v) is 22.1. The van der Waals surface area contributed by atoms with Gasteiger partial charge in [0.15, 0.2) is 0 Å². The molecule has 190 valence electrons. The van der Waals surface area contributed by atoms with E-state index in [0.29, 0.717) is 0 Å². The minimum absolute atomic E-state index is 0.908. The quantitative estimate of drug-likeness (QED) is 0.215. The first-order chi connectivity index (χ1) is 20.4. The number of pyridine rings is 1. The van der Waals surface area contributed by atoms with Crippen molar-refractivity contribution in [3.63, 3.8) is 0 Å². The van der Waals surface area contributed by atoms with Gasteiger partial charge in [0.1, 0.15) is 11.2 Å². The molecule has 0 radical (unpaired) electrons. The molecule has 0 aliphatic heterocycles. The number of para-hydroxylation sites is 2. The zero-order valence-electron chi connectivity index (χ0n) is 22.1. The lowest BCUT2D eigenvalue weighted by Gasteiger charge is -2.25. The molecule has 1 aliphatic carbocycles. The zero-order chi connectivity index (χ0) is 26.9. The van der Waals surface area contributed by atoms with Gasteiger partial charge in [0, 0.05) is 33.5 Å². The Labute approximate surface area is 237 Å². The van der Waals surface area contributed by atoms with Crippen LogP contribution < -0.4 is 0 Å². The van der Waals surface area contributed by atoms with Gasteiger partial charge < -0.3 is 4.42 Å². The molecule has 1 aliphatic rings. The molecule has 0 atom stereocenters. The predicted octanol–water partition coefficient (Wildman–Crippen LogP) is 10.8. The van der Waals surface area contributed by atoms with Crippen LogP contribution in [0.1, 0.15) is 0 Å². The van der Waals surface area contributed by atoms with Crippen molar-refractivity contribution in [3.8, 4) is 55.6 Å². The fraction of sp³-hybridized carbons (Fsp3) is 0. The first-order valence-corrected chi connectivity index (χ1v) is 14.0. The Balaban J connectivity index is 1.46. The Bertz CT molecular complexity index is 2320. The van der Waals surface area contributed by atoms with Crippen molar-refractivity contribution in [3.05, 3.63) is 140 Å². The third kappa shape index (κ3) is 3.16. The third-order valence-electron chi connectivity index (χ3n) is 8.51. The predicted molar refractivity (Wildman–Crippen MR) is 170 cm³/mol. The number of fused-ring (bicyclic) bond motifs is 13. The molecule has 0 bridgehead atoms. The van der Waals surface area contributed by atoms with Crippen LogP contribution in [0.3, 0.4) is 0 Å². The van der Waals surface area contributed by atoms with Crippen LogP contribution in [0.2, 0.25) is 0 Å². The van der Waals surface area contributed by atoms with Gasteiger partial charge >= 0.3 is 0 Å². The van der Waals surface area contributed by atoms with Crippen LogP contribution >= 0.6 is 0 Å². The summed E-state index contributed by atoms with van der Waals surface area (Å²) in [5.74, 6) is 0. The number of furan rings is 1. The third-order valence-corrected chi connectivity index (χ3v) is 8.51. The minimum Gasteiger partial charge on any atom is -0.455 e. The van der Waals surface area contributed by atoms with Gasteiger partial charge in [-0.3, -0.25) is 4.98 Å². The number of rotatable bonds is 1. The SMILES string of the molecule is c1ccc2c(c1)-c1cccc(-c3cccc4c3oc3ccccc34)c1-c1ccccc1-c1c-2ccc2cccnc12. The van der Waals surface area contributed by atoms with E-state index in [1.165, 1.54) is 44.5 Å². The van der Waals surface area contributed by atoms with Gasteiger partial charge in [0.2, 0.25) is 0 Å². The number of hydrogen-bond acceptors (Lipinski definition) is 2. The van der Waals surface area contributed by atoms with Gasteiger partial charge in [-0.1, -0.05) is 121 Å². The maximum Gasteiger partial charge on any atom is 0.143 e. The molecule has 0 unspecified atom stereocenters. The Morgan fingerprint density at radius 1 is 0.390 bits per heavy atom. The number of hydrogen-bond donors (Lipinski definition) is 0. The van der Waals surface area contributed by atoms with Crippen LogP contribution in [0.15, 0.2) is 144 Å². The van der Waals surface area contributed by atoms with E-state index in [9.17, 15) is 0 Å². The van der Waals surface area contributed by atoms with Crippen molar-refractivity contribution in [1.82, 2.24) is 4.98 Å². The van der Waals surface area contributed by atoms with E-state index in [1.54, 1.807) is 0 Å². The average Bonchev–Trinajstić information content (AvgIpc) is 3.42. The molecule has 2 heteroatoms. The smallest absolute Gasteiger partial charge is 0.143 e. The first-order valence-electron chi connectivity index (χ1n) is 14.0. The summed E-state index contributed by atoms with van der Waals surface area (Å²) in [6.07, 6.45) is 1.90. The lowest BCUT2D eigenvalue weighted by Crippen LogP contribution is -2.00. The maximum absolute atomic E-state index is 6.55. The molecule has 2 nitrogen and oxygen atoms in total. The van der Waals surface area contributed by atoms with Gasteiger partial charge in [0.05, 0.1) is 5.52 Å². The summed E-state index contributed by atoms with van der Waals surface area (Å²) in [6, 6.07) is 47.7. The van der Waals surface area contributed by atoms with Crippen molar-refractivity contribution in [1.29, 1.82) is 0 Å². The van der Waals surface area contributed by atoms with Crippen molar-refractivity contribution < 1.29 is 4.42 Å². The van der Waals surface area contributed by atoms with E-state index < -0.39 is 0 Å². The normalized spacial score (nSPS) is 11.9. The van der Waals surface area contributed by atoms with E-state index in [0.717, 1.165) is 44.0 Å². The van der Waals surface area contributed by atoms with Gasteiger partial charge in [-0.15, -0.1) is 0 Å². The summed E-state index contributed by atoms with van der Waals surface area (Å²) in [7, 11) is 0. The molecule has 0 saturated heterocycles. The molecule has 2 heterocycles. The van der Waals surface area contributed by atoms with E-state index in [-0.39, 0.29) is 0 Å². The lowest BCUT2D eigenvalue weighted by molar-refractivity contribution is 0.670. The van der Waals surface area contributed by atoms with Crippen LogP contribution in [-0.4, -0.2) is 4.98 Å². The highest BCUT2D eigenvalue weighted by molar-refractivity contribution is 6.15. The topological polar surface area (TPSA) is 26.0 Å². The van der Waals surface area contributed by atoms with Crippen LogP contribution in [0, 0.1) is 0 Å². The van der Waals surface area contributed by atoms with E-state index >= 15 is 0 Å². The molecule has 0 fully saturated rings. The van der Waals surface area contributed by atoms with Crippen LogP contribution in [0.5, 0.6) is 0 Å². The molecule has 0 saturated carbocycles. The molecule has 41 heavy (non-hydrogen) atoms. The number of nitrogens with zero attached hydrogens (tertiary/aromatic N) is 1. The second kappa shape index (κ2) is 8.51. The molecule has 9 rings (SSSR count). The van der Waals surface area contributed by atoms with Crippen molar-refractivity contribution in [2.45, 2.75) is 0 Å². The second-order valence-electron chi connectivity index (χ2n) is 10.7. The highest BCUT2D eigenvalue weighted by Crippen LogP contribution is 2.52. The number of aromatic nitrogens is 1. The Hall–Kier alpha value is -5.47. The summed E-state index contributed by atoms with van der Waals surface area (Å²) in [4.78, 5) is 4.93. The largest absolute Gasteiger partial charge is 0.455 e. The van der Waals surface area contributed by atoms with Gasteiger partial charge in [0.25, 0.3) is 0 Å². The summed E-state index contributed by atoms with van der Waals surface area (Å²) in [6.45, 7) is 0.